The molecule has 3 saturated carbocycles. The lowest BCUT2D eigenvalue weighted by molar-refractivity contribution is 0.244. The van der Waals surface area contributed by atoms with Crippen molar-refractivity contribution in [1.82, 2.24) is 15.1 Å². The van der Waals surface area contributed by atoms with Gasteiger partial charge in [-0.1, -0.05) is 6.42 Å². The number of hydrogen-bond acceptors (Lipinski definition) is 2. The SMILES string of the molecule is Cn1nc(C2CCC2)cc1NC(=O)NC(C1CC1)C1CC1. The second kappa shape index (κ2) is 5.04. The number of nitrogens with one attached hydrogen (secondary N) is 2. The number of aryl methyl sites for hydroxylation is 1. The minimum Gasteiger partial charge on any atom is -0.335 e. The Bertz CT molecular complexity index is 528. The Morgan fingerprint density at radius 3 is 2.43 bits per heavy atom. The molecule has 0 bridgehead atoms. The van der Waals surface area contributed by atoms with Crippen molar-refractivity contribution in [3.63, 3.8) is 0 Å². The van der Waals surface area contributed by atoms with Gasteiger partial charge in [-0.2, -0.15) is 5.10 Å². The fourth-order valence-corrected chi connectivity index (χ4v) is 3.35. The summed E-state index contributed by atoms with van der Waals surface area (Å²) < 4.78 is 1.79. The first kappa shape index (κ1) is 13.2. The second-order valence-corrected chi connectivity index (χ2v) is 7.00. The van der Waals surface area contributed by atoms with E-state index in [1.807, 2.05) is 13.1 Å². The van der Waals surface area contributed by atoms with Crippen molar-refractivity contribution >= 4 is 11.8 Å². The summed E-state index contributed by atoms with van der Waals surface area (Å²) in [6.07, 6.45) is 8.87. The topological polar surface area (TPSA) is 59.0 Å². The van der Waals surface area contributed by atoms with Crippen molar-refractivity contribution in [2.45, 2.75) is 56.9 Å². The number of amides is 2. The molecule has 0 saturated heterocycles. The van der Waals surface area contributed by atoms with E-state index in [4.69, 9.17) is 0 Å². The second-order valence-electron chi connectivity index (χ2n) is 7.00. The third-order valence-electron chi connectivity index (χ3n) is 5.22. The summed E-state index contributed by atoms with van der Waals surface area (Å²) in [5, 5.41) is 10.7. The molecule has 0 aromatic carbocycles. The molecular weight excluding hydrogens is 264 g/mol. The van der Waals surface area contributed by atoms with Crippen LogP contribution in [-0.4, -0.2) is 21.9 Å². The monoisotopic (exact) mass is 288 g/mol. The molecule has 1 aromatic rings. The van der Waals surface area contributed by atoms with Crippen LogP contribution in [0.4, 0.5) is 10.6 Å². The van der Waals surface area contributed by atoms with Gasteiger partial charge in [-0.05, 0) is 50.4 Å². The molecular formula is C16H24N4O. The smallest absolute Gasteiger partial charge is 0.320 e. The normalized spacial score (nSPS) is 22.2. The van der Waals surface area contributed by atoms with E-state index in [9.17, 15) is 4.79 Å². The van der Waals surface area contributed by atoms with E-state index < -0.39 is 0 Å². The Morgan fingerprint density at radius 1 is 1.24 bits per heavy atom. The highest BCUT2D eigenvalue weighted by atomic mass is 16.2. The summed E-state index contributed by atoms with van der Waals surface area (Å²) in [5.41, 5.74) is 1.12. The van der Waals surface area contributed by atoms with E-state index in [-0.39, 0.29) is 6.03 Å². The molecule has 0 aliphatic heterocycles. The molecule has 4 rings (SSSR count). The maximum absolute atomic E-state index is 12.2. The number of urea groups is 1. The highest BCUT2D eigenvalue weighted by Gasteiger charge is 2.42. The first-order chi connectivity index (χ1) is 10.2. The van der Waals surface area contributed by atoms with Gasteiger partial charge in [0.2, 0.25) is 0 Å². The van der Waals surface area contributed by atoms with Gasteiger partial charge < -0.3 is 5.32 Å². The molecule has 2 N–H and O–H groups in total. The van der Waals surface area contributed by atoms with E-state index in [0.717, 1.165) is 23.3 Å². The van der Waals surface area contributed by atoms with Gasteiger partial charge in [0.15, 0.2) is 0 Å². The molecule has 2 amide bonds. The lowest BCUT2D eigenvalue weighted by atomic mass is 9.83. The van der Waals surface area contributed by atoms with Gasteiger partial charge in [-0.3, -0.25) is 10.00 Å². The average molecular weight is 288 g/mol. The van der Waals surface area contributed by atoms with Crippen molar-refractivity contribution < 1.29 is 4.79 Å². The lowest BCUT2D eigenvalue weighted by Crippen LogP contribution is -2.41. The van der Waals surface area contributed by atoms with Crippen molar-refractivity contribution in [3.8, 4) is 0 Å². The quantitative estimate of drug-likeness (QED) is 0.875. The zero-order chi connectivity index (χ0) is 14.4. The predicted octanol–water partition coefficient (Wildman–Crippen LogP) is 3.00. The molecule has 3 aliphatic rings. The highest BCUT2D eigenvalue weighted by molar-refractivity contribution is 5.88. The summed E-state index contributed by atoms with van der Waals surface area (Å²) in [6, 6.07) is 2.36. The molecule has 5 nitrogen and oxygen atoms in total. The van der Waals surface area contributed by atoms with Gasteiger partial charge >= 0.3 is 6.03 Å². The Hall–Kier alpha value is -1.52. The van der Waals surface area contributed by atoms with E-state index in [1.54, 1.807) is 4.68 Å². The van der Waals surface area contributed by atoms with Crippen molar-refractivity contribution in [2.24, 2.45) is 18.9 Å². The Labute approximate surface area is 125 Å². The summed E-state index contributed by atoms with van der Waals surface area (Å²) in [6.45, 7) is 0. The number of aromatic nitrogens is 2. The van der Waals surface area contributed by atoms with Gasteiger partial charge in [0.05, 0.1) is 5.69 Å². The number of hydrogen-bond donors (Lipinski definition) is 2. The third kappa shape index (κ3) is 2.78. The van der Waals surface area contributed by atoms with Crippen LogP contribution in [0.15, 0.2) is 6.07 Å². The van der Waals surface area contributed by atoms with Crippen molar-refractivity contribution in [3.05, 3.63) is 11.8 Å². The van der Waals surface area contributed by atoms with Crippen molar-refractivity contribution in [2.75, 3.05) is 5.32 Å². The van der Waals surface area contributed by atoms with Gasteiger partial charge in [0, 0.05) is 25.1 Å². The minimum absolute atomic E-state index is 0.0676. The van der Waals surface area contributed by atoms with E-state index >= 15 is 0 Å². The van der Waals surface area contributed by atoms with Crippen LogP contribution in [0.2, 0.25) is 0 Å². The first-order valence-electron chi connectivity index (χ1n) is 8.32. The molecule has 1 aromatic heterocycles. The largest absolute Gasteiger partial charge is 0.335 e. The molecule has 1 heterocycles. The van der Waals surface area contributed by atoms with E-state index in [1.165, 1.54) is 44.9 Å². The molecule has 0 radical (unpaired) electrons. The van der Waals surface area contributed by atoms with Gasteiger partial charge in [0.25, 0.3) is 0 Å². The number of nitrogens with zero attached hydrogens (tertiary/aromatic N) is 2. The fraction of sp³-hybridized carbons (Fsp3) is 0.750. The molecule has 0 spiro atoms. The third-order valence-corrected chi connectivity index (χ3v) is 5.22. The Balaban J connectivity index is 1.38. The maximum atomic E-state index is 12.2. The van der Waals surface area contributed by atoms with Crippen LogP contribution >= 0.6 is 0 Å². The predicted molar refractivity (Wildman–Crippen MR) is 81.2 cm³/mol. The molecule has 3 aliphatic carbocycles. The number of carbonyl (C=O) groups is 1. The highest BCUT2D eigenvalue weighted by Crippen LogP contribution is 2.44. The summed E-state index contributed by atoms with van der Waals surface area (Å²) in [7, 11) is 1.90. The van der Waals surface area contributed by atoms with Crippen molar-refractivity contribution in [1.29, 1.82) is 0 Å². The van der Waals surface area contributed by atoms with Crippen LogP contribution in [0.5, 0.6) is 0 Å². The van der Waals surface area contributed by atoms with Crippen LogP contribution in [0.1, 0.15) is 56.6 Å². The molecule has 3 fully saturated rings. The Morgan fingerprint density at radius 2 is 1.90 bits per heavy atom. The first-order valence-corrected chi connectivity index (χ1v) is 8.32. The molecule has 114 valence electrons. The maximum Gasteiger partial charge on any atom is 0.320 e. The average Bonchev–Trinajstić information content (AvgIpc) is 3.26. The summed E-state index contributed by atoms with van der Waals surface area (Å²) in [4.78, 5) is 12.2. The van der Waals surface area contributed by atoms with Gasteiger partial charge in [-0.15, -0.1) is 0 Å². The molecule has 0 unspecified atom stereocenters. The fourth-order valence-electron chi connectivity index (χ4n) is 3.35. The molecule has 21 heavy (non-hydrogen) atoms. The summed E-state index contributed by atoms with van der Waals surface area (Å²) >= 11 is 0. The summed E-state index contributed by atoms with van der Waals surface area (Å²) in [5.74, 6) is 2.85. The van der Waals surface area contributed by atoms with Crippen LogP contribution in [0.3, 0.4) is 0 Å². The van der Waals surface area contributed by atoms with Gasteiger partial charge in [-0.25, -0.2) is 4.79 Å². The Kier molecular flexibility index (Phi) is 3.16. The minimum atomic E-state index is -0.0676. The van der Waals surface area contributed by atoms with Crippen LogP contribution < -0.4 is 10.6 Å². The number of rotatable bonds is 5. The van der Waals surface area contributed by atoms with Crippen LogP contribution in [0, 0.1) is 11.8 Å². The standard InChI is InChI=1S/C16H24N4O/c1-20-14(9-13(19-20)10-3-2-4-10)17-16(21)18-15(11-5-6-11)12-7-8-12/h9-12,15H,2-8H2,1H3,(H2,17,18,21). The van der Waals surface area contributed by atoms with Crippen LogP contribution in [0.25, 0.3) is 0 Å². The molecule has 0 atom stereocenters. The number of anilines is 1. The zero-order valence-electron chi connectivity index (χ0n) is 12.6. The number of carbonyl (C=O) groups excluding carboxylic acids is 1. The van der Waals surface area contributed by atoms with E-state index in [0.29, 0.717) is 12.0 Å². The van der Waals surface area contributed by atoms with Gasteiger partial charge in [0.1, 0.15) is 5.82 Å². The molecule has 5 heteroatoms. The van der Waals surface area contributed by atoms with Crippen LogP contribution in [-0.2, 0) is 7.05 Å². The lowest BCUT2D eigenvalue weighted by Gasteiger charge is -2.22. The zero-order valence-corrected chi connectivity index (χ0v) is 12.6. The van der Waals surface area contributed by atoms with E-state index in [2.05, 4.69) is 15.7 Å².